The van der Waals surface area contributed by atoms with E-state index >= 15 is 0 Å². The summed E-state index contributed by atoms with van der Waals surface area (Å²) in [5.41, 5.74) is 2.34. The molecule has 0 amide bonds. The van der Waals surface area contributed by atoms with Crippen molar-refractivity contribution in [1.29, 1.82) is 0 Å². The molecule has 1 saturated heterocycles. The van der Waals surface area contributed by atoms with Gasteiger partial charge in [-0.25, -0.2) is 4.39 Å². The minimum Gasteiger partial charge on any atom is -0.453 e. The van der Waals surface area contributed by atoms with E-state index in [1.165, 1.54) is 23.9 Å². The van der Waals surface area contributed by atoms with Crippen LogP contribution in [0.4, 0.5) is 4.39 Å². The number of nitrogens with zero attached hydrogens (tertiary/aromatic N) is 4. The highest BCUT2D eigenvalue weighted by Crippen LogP contribution is 2.28. The molecule has 3 heterocycles. The number of hydrogen-bond acceptors (Lipinski definition) is 7. The van der Waals surface area contributed by atoms with E-state index < -0.39 is 0 Å². The van der Waals surface area contributed by atoms with Crippen molar-refractivity contribution in [3.63, 3.8) is 0 Å². The van der Waals surface area contributed by atoms with E-state index in [9.17, 15) is 9.18 Å². The number of Topliss-reactive ketones (excluding diaryl/α,β-unsaturated/α-hetero) is 1. The molecule has 0 N–H and O–H groups in total. The van der Waals surface area contributed by atoms with Gasteiger partial charge in [-0.05, 0) is 37.3 Å². The van der Waals surface area contributed by atoms with Crippen LogP contribution >= 0.6 is 11.8 Å². The highest BCUT2D eigenvalue weighted by Gasteiger charge is 2.21. The van der Waals surface area contributed by atoms with Crippen molar-refractivity contribution < 1.29 is 18.3 Å². The largest absolute Gasteiger partial charge is 0.453 e. The number of fused-ring (bicyclic) bond motifs is 1. The minimum absolute atomic E-state index is 0.0928. The van der Waals surface area contributed by atoms with Gasteiger partial charge in [-0.15, -0.1) is 10.2 Å². The summed E-state index contributed by atoms with van der Waals surface area (Å²) in [5.74, 6) is 0.823. The Hall–Kier alpha value is -3.01. The summed E-state index contributed by atoms with van der Waals surface area (Å²) in [4.78, 5) is 15.3. The van der Waals surface area contributed by atoms with Crippen LogP contribution < -0.4 is 0 Å². The zero-order valence-corrected chi connectivity index (χ0v) is 19.7. The number of ether oxygens (including phenoxy) is 1. The molecule has 176 valence electrons. The zero-order chi connectivity index (χ0) is 23.5. The van der Waals surface area contributed by atoms with E-state index in [0.29, 0.717) is 28.9 Å². The number of hydrogen-bond donors (Lipinski definition) is 0. The third-order valence-electron chi connectivity index (χ3n) is 5.99. The molecule has 1 aliphatic rings. The first-order valence-corrected chi connectivity index (χ1v) is 12.2. The van der Waals surface area contributed by atoms with Crippen LogP contribution in [-0.2, 0) is 11.3 Å². The van der Waals surface area contributed by atoms with Crippen LogP contribution in [0.25, 0.3) is 22.4 Å². The standard InChI is InChI=1S/C25H25FN4O3S/c1-17-20-4-2-3-5-22(20)33-23(17)21(31)16-34-25-28-27-24(18-6-8-19(26)9-7-18)30(25)11-10-29-12-14-32-15-13-29/h2-9H,10-16H2,1H3. The van der Waals surface area contributed by atoms with Crippen molar-refractivity contribution >= 4 is 28.5 Å². The number of furan rings is 1. The second-order valence-corrected chi connectivity index (χ2v) is 9.13. The monoisotopic (exact) mass is 480 g/mol. The molecule has 2 aromatic heterocycles. The first kappa shape index (κ1) is 22.8. The van der Waals surface area contributed by atoms with E-state index in [4.69, 9.17) is 9.15 Å². The SMILES string of the molecule is Cc1c(C(=O)CSc2nnc(-c3ccc(F)cc3)n2CCN2CCOCC2)oc2ccccc12. The summed E-state index contributed by atoms with van der Waals surface area (Å²) in [5, 5.41) is 10.3. The van der Waals surface area contributed by atoms with Crippen LogP contribution in [0.5, 0.6) is 0 Å². The normalized spacial score (nSPS) is 14.6. The van der Waals surface area contributed by atoms with Crippen molar-refractivity contribution in [2.75, 3.05) is 38.6 Å². The Bertz CT molecular complexity index is 1300. The molecule has 0 spiro atoms. The lowest BCUT2D eigenvalue weighted by atomic mass is 10.1. The molecule has 34 heavy (non-hydrogen) atoms. The fourth-order valence-electron chi connectivity index (χ4n) is 4.11. The number of thioether (sulfide) groups is 1. The molecule has 0 unspecified atom stereocenters. The fraction of sp³-hybridized carbons (Fsp3) is 0.320. The Morgan fingerprint density at radius 2 is 1.82 bits per heavy atom. The molecular formula is C25H25FN4O3S. The van der Waals surface area contributed by atoms with E-state index in [1.54, 1.807) is 12.1 Å². The minimum atomic E-state index is -0.301. The number of benzene rings is 2. The number of ketones is 1. The molecule has 2 aromatic carbocycles. The predicted octanol–water partition coefficient (Wildman–Crippen LogP) is 4.45. The predicted molar refractivity (Wildman–Crippen MR) is 129 cm³/mol. The van der Waals surface area contributed by atoms with Crippen LogP contribution in [0.2, 0.25) is 0 Å². The van der Waals surface area contributed by atoms with Crippen LogP contribution in [0.15, 0.2) is 58.1 Å². The third-order valence-corrected chi connectivity index (χ3v) is 6.96. The van der Waals surface area contributed by atoms with Gasteiger partial charge in [0.2, 0.25) is 5.78 Å². The highest BCUT2D eigenvalue weighted by atomic mass is 32.2. The summed E-state index contributed by atoms with van der Waals surface area (Å²) in [6.45, 7) is 6.56. The Morgan fingerprint density at radius 3 is 2.59 bits per heavy atom. The number of halogens is 1. The van der Waals surface area contributed by atoms with Gasteiger partial charge in [0.05, 0.1) is 19.0 Å². The van der Waals surface area contributed by atoms with Gasteiger partial charge in [0, 0.05) is 42.7 Å². The highest BCUT2D eigenvalue weighted by molar-refractivity contribution is 7.99. The Morgan fingerprint density at radius 1 is 1.06 bits per heavy atom. The molecule has 0 aliphatic carbocycles. The summed E-state index contributed by atoms with van der Waals surface area (Å²) in [7, 11) is 0. The molecule has 0 atom stereocenters. The summed E-state index contributed by atoms with van der Waals surface area (Å²) in [6.07, 6.45) is 0. The van der Waals surface area contributed by atoms with Gasteiger partial charge in [-0.2, -0.15) is 0 Å². The maximum atomic E-state index is 13.5. The first-order chi connectivity index (χ1) is 16.6. The smallest absolute Gasteiger partial charge is 0.208 e. The van der Waals surface area contributed by atoms with Crippen molar-refractivity contribution in [1.82, 2.24) is 19.7 Å². The number of aryl methyl sites for hydroxylation is 1. The number of aromatic nitrogens is 3. The maximum absolute atomic E-state index is 13.5. The number of morpholine rings is 1. The molecule has 0 saturated carbocycles. The average Bonchev–Trinajstić information content (AvgIpc) is 3.43. The molecule has 7 nitrogen and oxygen atoms in total. The number of carbonyl (C=O) groups is 1. The molecule has 5 rings (SSSR count). The molecule has 0 radical (unpaired) electrons. The lowest BCUT2D eigenvalue weighted by Crippen LogP contribution is -2.38. The Labute approximate surface area is 200 Å². The van der Waals surface area contributed by atoms with Gasteiger partial charge in [0.15, 0.2) is 16.7 Å². The second-order valence-electron chi connectivity index (χ2n) is 8.18. The summed E-state index contributed by atoms with van der Waals surface area (Å²) < 4.78 is 26.7. The molecule has 0 bridgehead atoms. The van der Waals surface area contributed by atoms with Crippen LogP contribution in [0, 0.1) is 12.7 Å². The number of para-hydroxylation sites is 1. The first-order valence-electron chi connectivity index (χ1n) is 11.2. The lowest BCUT2D eigenvalue weighted by Gasteiger charge is -2.27. The third kappa shape index (κ3) is 4.77. The van der Waals surface area contributed by atoms with Crippen LogP contribution in [0.3, 0.4) is 0 Å². The van der Waals surface area contributed by atoms with Gasteiger partial charge < -0.3 is 13.7 Å². The average molecular weight is 481 g/mol. The molecule has 9 heteroatoms. The summed E-state index contributed by atoms with van der Waals surface area (Å²) in [6, 6.07) is 13.9. The van der Waals surface area contributed by atoms with E-state index in [0.717, 1.165) is 49.4 Å². The van der Waals surface area contributed by atoms with Crippen LogP contribution in [-0.4, -0.2) is 64.0 Å². The zero-order valence-electron chi connectivity index (χ0n) is 18.9. The van der Waals surface area contributed by atoms with Gasteiger partial charge >= 0.3 is 0 Å². The van der Waals surface area contributed by atoms with E-state index in [1.807, 2.05) is 35.8 Å². The van der Waals surface area contributed by atoms with Crippen LogP contribution in [0.1, 0.15) is 16.1 Å². The van der Waals surface area contributed by atoms with Crippen molar-refractivity contribution in [3.8, 4) is 11.4 Å². The summed E-state index contributed by atoms with van der Waals surface area (Å²) >= 11 is 1.34. The number of rotatable bonds is 8. The Balaban J connectivity index is 1.36. The van der Waals surface area contributed by atoms with Gasteiger partial charge in [-0.1, -0.05) is 30.0 Å². The maximum Gasteiger partial charge on any atom is 0.208 e. The van der Waals surface area contributed by atoms with Gasteiger partial charge in [0.1, 0.15) is 11.4 Å². The van der Waals surface area contributed by atoms with Gasteiger partial charge in [-0.3, -0.25) is 9.69 Å². The quantitative estimate of drug-likeness (QED) is 0.273. The lowest BCUT2D eigenvalue weighted by molar-refractivity contribution is 0.0361. The topological polar surface area (TPSA) is 73.4 Å². The van der Waals surface area contributed by atoms with Crippen molar-refractivity contribution in [2.45, 2.75) is 18.6 Å². The fourth-order valence-corrected chi connectivity index (χ4v) is 4.94. The second kappa shape index (κ2) is 10.1. The Kier molecular flexibility index (Phi) is 6.75. The molecular weight excluding hydrogens is 455 g/mol. The molecule has 1 fully saturated rings. The van der Waals surface area contributed by atoms with Gasteiger partial charge in [0.25, 0.3) is 0 Å². The van der Waals surface area contributed by atoms with Crippen molar-refractivity contribution in [2.24, 2.45) is 0 Å². The molecule has 1 aliphatic heterocycles. The van der Waals surface area contributed by atoms with Crippen molar-refractivity contribution in [3.05, 3.63) is 65.7 Å². The van der Waals surface area contributed by atoms with E-state index in [-0.39, 0.29) is 17.4 Å². The van der Waals surface area contributed by atoms with E-state index in [2.05, 4.69) is 15.1 Å². The molecule has 4 aromatic rings. The number of carbonyl (C=O) groups excluding carboxylic acids is 1.